The number of rotatable bonds is 4. The molecule has 0 radical (unpaired) electrons. The van der Waals surface area contributed by atoms with Gasteiger partial charge >= 0.3 is 0 Å². The number of anilines is 1. The third kappa shape index (κ3) is 5.72. The molecule has 1 aromatic carbocycles. The fraction of sp³-hybridized carbons (Fsp3) is 0.400. The van der Waals surface area contributed by atoms with Crippen LogP contribution in [0, 0.1) is 5.41 Å². The Morgan fingerprint density at radius 3 is 2.74 bits per heavy atom. The Labute approximate surface area is 177 Å². The molecule has 1 aliphatic rings. The van der Waals surface area contributed by atoms with Gasteiger partial charge < -0.3 is 20.0 Å². The first kappa shape index (κ1) is 21.3. The van der Waals surface area contributed by atoms with Crippen LogP contribution in [0.4, 0.5) is 5.69 Å². The molecule has 0 saturated carbocycles. The Balaban J connectivity index is 0.00000261. The first-order valence-electron chi connectivity index (χ1n) is 8.86. The van der Waals surface area contributed by atoms with Gasteiger partial charge in [-0.1, -0.05) is 26.0 Å². The molecule has 1 aliphatic heterocycles. The third-order valence-corrected chi connectivity index (χ3v) is 4.57. The molecule has 0 aliphatic carbocycles. The van der Waals surface area contributed by atoms with E-state index in [1.807, 2.05) is 31.3 Å². The van der Waals surface area contributed by atoms with Gasteiger partial charge in [0.1, 0.15) is 0 Å². The van der Waals surface area contributed by atoms with E-state index in [0.29, 0.717) is 17.7 Å². The predicted octanol–water partition coefficient (Wildman–Crippen LogP) is 3.96. The number of aliphatic imine (C=N–C) groups is 1. The maximum absolute atomic E-state index is 12.1. The van der Waals surface area contributed by atoms with Gasteiger partial charge in [0, 0.05) is 32.4 Å². The van der Waals surface area contributed by atoms with Gasteiger partial charge in [-0.2, -0.15) is 0 Å². The van der Waals surface area contributed by atoms with Crippen LogP contribution in [0.25, 0.3) is 0 Å². The molecular formula is C20H27IN4O2. The first-order valence-corrected chi connectivity index (χ1v) is 8.86. The fourth-order valence-corrected chi connectivity index (χ4v) is 3.17. The minimum atomic E-state index is -0.254. The standard InChI is InChI=1S/C20H26N4O2.HI/c1-20(2)9-10-24(14-20)19(21-3)22-13-15-6-4-7-16(12-15)23-18(25)17-8-5-11-26-17;/h4-8,11-12H,9-10,13-14H2,1-3H3,(H,21,22)(H,23,25);1H. The number of hydrogen-bond donors (Lipinski definition) is 2. The highest BCUT2D eigenvalue weighted by atomic mass is 127. The summed E-state index contributed by atoms with van der Waals surface area (Å²) in [7, 11) is 1.81. The number of guanidine groups is 1. The zero-order valence-corrected chi connectivity index (χ0v) is 18.3. The van der Waals surface area contributed by atoms with Crippen molar-refractivity contribution < 1.29 is 9.21 Å². The van der Waals surface area contributed by atoms with Crippen molar-refractivity contribution in [3.05, 3.63) is 54.0 Å². The van der Waals surface area contributed by atoms with Crippen LogP contribution in [0.3, 0.4) is 0 Å². The van der Waals surface area contributed by atoms with Crippen LogP contribution in [0.5, 0.6) is 0 Å². The highest BCUT2D eigenvalue weighted by Crippen LogP contribution is 2.28. The molecule has 7 heteroatoms. The van der Waals surface area contributed by atoms with E-state index in [1.165, 1.54) is 12.7 Å². The summed E-state index contributed by atoms with van der Waals surface area (Å²) in [6, 6.07) is 11.1. The molecule has 2 aromatic rings. The molecule has 1 fully saturated rings. The molecule has 1 aromatic heterocycles. The van der Waals surface area contributed by atoms with Crippen LogP contribution in [0.1, 0.15) is 36.4 Å². The van der Waals surface area contributed by atoms with E-state index in [4.69, 9.17) is 4.42 Å². The average Bonchev–Trinajstić information content (AvgIpc) is 3.26. The van der Waals surface area contributed by atoms with E-state index in [2.05, 4.69) is 34.4 Å². The molecule has 2 N–H and O–H groups in total. The zero-order chi connectivity index (χ0) is 18.6. The van der Waals surface area contributed by atoms with Crippen molar-refractivity contribution in [1.82, 2.24) is 10.2 Å². The van der Waals surface area contributed by atoms with Gasteiger partial charge in [0.05, 0.1) is 6.26 Å². The summed E-state index contributed by atoms with van der Waals surface area (Å²) in [6.45, 7) is 7.24. The van der Waals surface area contributed by atoms with E-state index in [9.17, 15) is 4.79 Å². The van der Waals surface area contributed by atoms with Crippen molar-refractivity contribution in [2.75, 3.05) is 25.5 Å². The Bertz CT molecular complexity index is 787. The largest absolute Gasteiger partial charge is 0.459 e. The lowest BCUT2D eigenvalue weighted by Crippen LogP contribution is -2.40. The van der Waals surface area contributed by atoms with E-state index >= 15 is 0 Å². The maximum Gasteiger partial charge on any atom is 0.291 e. The van der Waals surface area contributed by atoms with Crippen LogP contribution in [0.15, 0.2) is 52.1 Å². The number of nitrogens with zero attached hydrogens (tertiary/aromatic N) is 2. The number of halogens is 1. The SMILES string of the molecule is CN=C(NCc1cccc(NC(=O)c2ccco2)c1)N1CCC(C)(C)C1.I. The first-order chi connectivity index (χ1) is 12.5. The minimum absolute atomic E-state index is 0. The van der Waals surface area contributed by atoms with Crippen molar-refractivity contribution in [2.24, 2.45) is 10.4 Å². The molecule has 3 rings (SSSR count). The molecule has 1 saturated heterocycles. The molecule has 1 amide bonds. The second-order valence-electron chi connectivity index (χ2n) is 7.37. The molecular weight excluding hydrogens is 455 g/mol. The highest BCUT2D eigenvalue weighted by Gasteiger charge is 2.30. The Kier molecular flexibility index (Phi) is 7.29. The lowest BCUT2D eigenvalue weighted by Gasteiger charge is -2.23. The lowest BCUT2D eigenvalue weighted by atomic mass is 9.93. The molecule has 0 spiro atoms. The third-order valence-electron chi connectivity index (χ3n) is 4.57. The second kappa shape index (κ2) is 9.25. The van der Waals surface area contributed by atoms with Gasteiger partial charge in [0.25, 0.3) is 5.91 Å². The van der Waals surface area contributed by atoms with Crippen molar-refractivity contribution in [2.45, 2.75) is 26.8 Å². The van der Waals surface area contributed by atoms with Gasteiger partial charge in [-0.15, -0.1) is 24.0 Å². The molecule has 2 heterocycles. The summed E-state index contributed by atoms with van der Waals surface area (Å²) < 4.78 is 5.12. The maximum atomic E-state index is 12.1. The van der Waals surface area contributed by atoms with Crippen LogP contribution in [-0.2, 0) is 6.54 Å². The van der Waals surface area contributed by atoms with Gasteiger partial charge in [0.15, 0.2) is 11.7 Å². The second-order valence-corrected chi connectivity index (χ2v) is 7.37. The summed E-state index contributed by atoms with van der Waals surface area (Å²) in [6.07, 6.45) is 2.66. The quantitative estimate of drug-likeness (QED) is 0.394. The van der Waals surface area contributed by atoms with Crippen LogP contribution >= 0.6 is 24.0 Å². The summed E-state index contributed by atoms with van der Waals surface area (Å²) >= 11 is 0. The number of carbonyl (C=O) groups excluding carboxylic acids is 1. The van der Waals surface area contributed by atoms with Crippen molar-refractivity contribution in [1.29, 1.82) is 0 Å². The Hall–Kier alpha value is -2.03. The van der Waals surface area contributed by atoms with Crippen LogP contribution in [0.2, 0.25) is 0 Å². The minimum Gasteiger partial charge on any atom is -0.459 e. The average molecular weight is 482 g/mol. The smallest absolute Gasteiger partial charge is 0.291 e. The number of nitrogens with one attached hydrogen (secondary N) is 2. The monoisotopic (exact) mass is 482 g/mol. The van der Waals surface area contributed by atoms with Crippen molar-refractivity contribution >= 4 is 41.5 Å². The van der Waals surface area contributed by atoms with Gasteiger partial charge in [-0.25, -0.2) is 0 Å². The number of likely N-dealkylation sites (tertiary alicyclic amines) is 1. The normalized spacial score (nSPS) is 16.0. The van der Waals surface area contributed by atoms with Crippen molar-refractivity contribution in [3.8, 4) is 0 Å². The van der Waals surface area contributed by atoms with Gasteiger partial charge in [-0.05, 0) is 41.7 Å². The molecule has 6 nitrogen and oxygen atoms in total. The molecule has 27 heavy (non-hydrogen) atoms. The Morgan fingerprint density at radius 2 is 2.11 bits per heavy atom. The topological polar surface area (TPSA) is 69.9 Å². The number of amides is 1. The molecule has 146 valence electrons. The Morgan fingerprint density at radius 1 is 1.30 bits per heavy atom. The molecule has 0 bridgehead atoms. The van der Waals surface area contributed by atoms with E-state index in [-0.39, 0.29) is 29.9 Å². The zero-order valence-electron chi connectivity index (χ0n) is 16.0. The van der Waals surface area contributed by atoms with E-state index < -0.39 is 0 Å². The highest BCUT2D eigenvalue weighted by molar-refractivity contribution is 14.0. The van der Waals surface area contributed by atoms with Crippen LogP contribution in [-0.4, -0.2) is 36.9 Å². The van der Waals surface area contributed by atoms with Crippen LogP contribution < -0.4 is 10.6 Å². The lowest BCUT2D eigenvalue weighted by molar-refractivity contribution is 0.0996. The molecule has 0 unspecified atom stereocenters. The number of furan rings is 1. The summed E-state index contributed by atoms with van der Waals surface area (Å²) in [4.78, 5) is 18.8. The van der Waals surface area contributed by atoms with E-state index in [0.717, 1.165) is 30.3 Å². The molecule has 0 atom stereocenters. The fourth-order valence-electron chi connectivity index (χ4n) is 3.17. The van der Waals surface area contributed by atoms with Gasteiger partial charge in [0.2, 0.25) is 0 Å². The van der Waals surface area contributed by atoms with Crippen molar-refractivity contribution in [3.63, 3.8) is 0 Å². The van der Waals surface area contributed by atoms with Gasteiger partial charge in [-0.3, -0.25) is 9.79 Å². The summed E-state index contributed by atoms with van der Waals surface area (Å²) in [5, 5.41) is 6.27. The number of carbonyl (C=O) groups is 1. The summed E-state index contributed by atoms with van der Waals surface area (Å²) in [5.41, 5.74) is 2.14. The number of benzene rings is 1. The van der Waals surface area contributed by atoms with E-state index in [1.54, 1.807) is 12.1 Å². The number of hydrogen-bond acceptors (Lipinski definition) is 3. The summed E-state index contributed by atoms with van der Waals surface area (Å²) in [5.74, 6) is 0.960. The predicted molar refractivity (Wildman–Crippen MR) is 119 cm³/mol.